The van der Waals surface area contributed by atoms with Crippen molar-refractivity contribution >= 4 is 22.5 Å². The number of urea groups is 1. The molecular weight excluding hydrogens is 252 g/mol. The van der Waals surface area contributed by atoms with Crippen LogP contribution < -0.4 is 5.32 Å². The van der Waals surface area contributed by atoms with Gasteiger partial charge in [0.25, 0.3) is 0 Å². The third-order valence-corrected chi connectivity index (χ3v) is 3.34. The maximum atomic E-state index is 12.1. The summed E-state index contributed by atoms with van der Waals surface area (Å²) < 4.78 is 5.28. The molecule has 6 nitrogen and oxygen atoms in total. The van der Waals surface area contributed by atoms with E-state index in [1.54, 1.807) is 16.7 Å². The number of hydrogen-bond donors (Lipinski definition) is 1. The van der Waals surface area contributed by atoms with Crippen molar-refractivity contribution in [2.24, 2.45) is 0 Å². The standard InChI is InChI=1S/C11H12N4O2S/c16-11(13-10-14-12-7-18-10)15(8-3-4-8)6-9-2-1-5-17-9/h1-2,5,7-8H,3-4,6H2,(H,13,14,16). The molecule has 2 heterocycles. The number of carbonyl (C=O) groups excluding carboxylic acids is 1. The van der Waals surface area contributed by atoms with Gasteiger partial charge in [-0.05, 0) is 25.0 Å². The van der Waals surface area contributed by atoms with Crippen LogP contribution in [0.3, 0.4) is 0 Å². The van der Waals surface area contributed by atoms with Gasteiger partial charge in [0, 0.05) is 6.04 Å². The Morgan fingerprint density at radius 1 is 1.61 bits per heavy atom. The van der Waals surface area contributed by atoms with E-state index in [1.807, 2.05) is 12.1 Å². The van der Waals surface area contributed by atoms with E-state index in [0.717, 1.165) is 18.6 Å². The van der Waals surface area contributed by atoms with Crippen molar-refractivity contribution in [1.29, 1.82) is 0 Å². The highest BCUT2D eigenvalue weighted by atomic mass is 32.1. The molecule has 0 unspecified atom stereocenters. The predicted octanol–water partition coefficient (Wildman–Crippen LogP) is 2.33. The highest BCUT2D eigenvalue weighted by Crippen LogP contribution is 2.29. The molecule has 0 radical (unpaired) electrons. The molecule has 0 bridgehead atoms. The second kappa shape index (κ2) is 4.77. The number of hydrogen-bond acceptors (Lipinski definition) is 5. The van der Waals surface area contributed by atoms with Crippen LogP contribution in [0.1, 0.15) is 18.6 Å². The van der Waals surface area contributed by atoms with Crippen molar-refractivity contribution in [2.75, 3.05) is 5.32 Å². The fraction of sp³-hybridized carbons (Fsp3) is 0.364. The Bertz CT molecular complexity index is 507. The lowest BCUT2D eigenvalue weighted by molar-refractivity contribution is 0.201. The summed E-state index contributed by atoms with van der Waals surface area (Å²) >= 11 is 1.30. The van der Waals surface area contributed by atoms with Crippen LogP contribution in [0.2, 0.25) is 0 Å². The van der Waals surface area contributed by atoms with Crippen molar-refractivity contribution < 1.29 is 9.21 Å². The van der Waals surface area contributed by atoms with E-state index in [1.165, 1.54) is 11.3 Å². The van der Waals surface area contributed by atoms with Gasteiger partial charge in [-0.25, -0.2) is 4.79 Å². The number of carbonyl (C=O) groups is 1. The molecule has 1 aliphatic carbocycles. The first-order chi connectivity index (χ1) is 8.83. The Kier molecular flexibility index (Phi) is 2.97. The Morgan fingerprint density at radius 2 is 2.50 bits per heavy atom. The molecule has 7 heteroatoms. The van der Waals surface area contributed by atoms with E-state index in [9.17, 15) is 4.79 Å². The van der Waals surface area contributed by atoms with E-state index >= 15 is 0 Å². The van der Waals surface area contributed by atoms with Gasteiger partial charge >= 0.3 is 6.03 Å². The van der Waals surface area contributed by atoms with Crippen LogP contribution in [0.15, 0.2) is 28.3 Å². The molecule has 0 atom stereocenters. The summed E-state index contributed by atoms with van der Waals surface area (Å²) in [7, 11) is 0. The molecule has 18 heavy (non-hydrogen) atoms. The average molecular weight is 264 g/mol. The third kappa shape index (κ3) is 2.51. The zero-order chi connectivity index (χ0) is 12.4. The lowest BCUT2D eigenvalue weighted by Gasteiger charge is -2.20. The molecule has 1 fully saturated rings. The van der Waals surface area contributed by atoms with Gasteiger partial charge in [-0.1, -0.05) is 11.3 Å². The summed E-state index contributed by atoms with van der Waals surface area (Å²) in [5, 5.41) is 10.8. The smallest absolute Gasteiger partial charge is 0.324 e. The second-order valence-corrected chi connectivity index (χ2v) is 4.95. The van der Waals surface area contributed by atoms with Crippen molar-refractivity contribution in [3.05, 3.63) is 29.7 Å². The molecule has 2 aromatic rings. The monoisotopic (exact) mass is 264 g/mol. The second-order valence-electron chi connectivity index (χ2n) is 4.11. The first-order valence-electron chi connectivity index (χ1n) is 5.69. The van der Waals surface area contributed by atoms with Crippen LogP contribution in [-0.4, -0.2) is 27.2 Å². The minimum absolute atomic E-state index is 0.148. The largest absolute Gasteiger partial charge is 0.467 e. The van der Waals surface area contributed by atoms with Gasteiger partial charge in [0.15, 0.2) is 0 Å². The normalized spacial score (nSPS) is 14.4. The number of aromatic nitrogens is 2. The molecule has 1 N–H and O–H groups in total. The molecule has 94 valence electrons. The Balaban J connectivity index is 1.67. The first-order valence-corrected chi connectivity index (χ1v) is 6.57. The van der Waals surface area contributed by atoms with Gasteiger partial charge in [-0.15, -0.1) is 10.2 Å². The van der Waals surface area contributed by atoms with Crippen LogP contribution in [0.25, 0.3) is 0 Å². The lowest BCUT2D eigenvalue weighted by atomic mass is 10.4. The van der Waals surface area contributed by atoms with Crippen LogP contribution in [-0.2, 0) is 6.54 Å². The van der Waals surface area contributed by atoms with Crippen molar-refractivity contribution in [3.63, 3.8) is 0 Å². The predicted molar refractivity (Wildman–Crippen MR) is 66.2 cm³/mol. The van der Waals surface area contributed by atoms with Gasteiger partial charge in [0.2, 0.25) is 5.13 Å². The van der Waals surface area contributed by atoms with Crippen molar-refractivity contribution in [2.45, 2.75) is 25.4 Å². The fourth-order valence-electron chi connectivity index (χ4n) is 1.71. The van der Waals surface area contributed by atoms with E-state index in [4.69, 9.17) is 4.42 Å². The molecule has 0 aliphatic heterocycles. The molecule has 0 saturated heterocycles. The molecule has 0 spiro atoms. The number of amides is 2. The number of nitrogens with one attached hydrogen (secondary N) is 1. The van der Waals surface area contributed by atoms with Crippen LogP contribution in [0.4, 0.5) is 9.93 Å². The molecule has 1 saturated carbocycles. The molecule has 2 amide bonds. The zero-order valence-electron chi connectivity index (χ0n) is 9.57. The molecule has 3 rings (SSSR count). The highest BCUT2D eigenvalue weighted by molar-refractivity contribution is 7.13. The topological polar surface area (TPSA) is 71.3 Å². The quantitative estimate of drug-likeness (QED) is 0.920. The third-order valence-electron chi connectivity index (χ3n) is 2.73. The number of nitrogens with zero attached hydrogens (tertiary/aromatic N) is 3. The maximum Gasteiger partial charge on any atom is 0.324 e. The molecule has 2 aromatic heterocycles. The average Bonchev–Trinajstić information content (AvgIpc) is 2.87. The summed E-state index contributed by atoms with van der Waals surface area (Å²) in [4.78, 5) is 13.9. The van der Waals surface area contributed by atoms with Gasteiger partial charge in [0.05, 0.1) is 12.8 Å². The molecular formula is C11H12N4O2S. The maximum absolute atomic E-state index is 12.1. The van der Waals surface area contributed by atoms with Gasteiger partial charge in [-0.3, -0.25) is 5.32 Å². The fourth-order valence-corrected chi connectivity index (χ4v) is 2.15. The summed E-state index contributed by atoms with van der Waals surface area (Å²) in [6, 6.07) is 3.85. The van der Waals surface area contributed by atoms with Crippen LogP contribution >= 0.6 is 11.3 Å². The van der Waals surface area contributed by atoms with Crippen LogP contribution in [0.5, 0.6) is 0 Å². The summed E-state index contributed by atoms with van der Waals surface area (Å²) in [5.41, 5.74) is 1.59. The SMILES string of the molecule is O=C(Nc1nncs1)N(Cc1ccco1)C1CC1. The minimum atomic E-state index is -0.148. The van der Waals surface area contributed by atoms with E-state index in [2.05, 4.69) is 15.5 Å². The van der Waals surface area contributed by atoms with E-state index in [0.29, 0.717) is 17.7 Å². The Labute approximate surface area is 108 Å². The van der Waals surface area contributed by atoms with Gasteiger partial charge in [-0.2, -0.15) is 0 Å². The van der Waals surface area contributed by atoms with Gasteiger partial charge in [0.1, 0.15) is 11.3 Å². The zero-order valence-corrected chi connectivity index (χ0v) is 10.4. The highest BCUT2D eigenvalue weighted by Gasteiger charge is 2.33. The van der Waals surface area contributed by atoms with E-state index in [-0.39, 0.29) is 6.03 Å². The number of rotatable bonds is 4. The van der Waals surface area contributed by atoms with Crippen molar-refractivity contribution in [3.8, 4) is 0 Å². The Morgan fingerprint density at radius 3 is 3.11 bits per heavy atom. The number of furan rings is 1. The first kappa shape index (κ1) is 11.2. The lowest BCUT2D eigenvalue weighted by Crippen LogP contribution is -2.36. The van der Waals surface area contributed by atoms with Gasteiger partial charge < -0.3 is 9.32 Å². The summed E-state index contributed by atoms with van der Waals surface area (Å²) in [6.45, 7) is 0.488. The number of anilines is 1. The Hall–Kier alpha value is -1.89. The molecule has 0 aromatic carbocycles. The molecule has 1 aliphatic rings. The van der Waals surface area contributed by atoms with Crippen LogP contribution in [0, 0.1) is 0 Å². The summed E-state index contributed by atoms with van der Waals surface area (Å²) in [6.07, 6.45) is 3.71. The van der Waals surface area contributed by atoms with E-state index < -0.39 is 0 Å². The minimum Gasteiger partial charge on any atom is -0.467 e. The van der Waals surface area contributed by atoms with Crippen molar-refractivity contribution in [1.82, 2.24) is 15.1 Å². The summed E-state index contributed by atoms with van der Waals surface area (Å²) in [5.74, 6) is 0.786.